The standard InChI is InChI=1S/C25H24FN5O/c26-21-22-17(13-28-23(21)20-12-18(27)11-16-5-1-2-6-19(16)20)14-29-24(30-22)32-15-25-7-3-9-31(25)10-4-8-25/h1-2,5-6,11-14H,3-4,7-10,15,27H2. The summed E-state index contributed by atoms with van der Waals surface area (Å²) in [5.41, 5.74) is 7.81. The van der Waals surface area contributed by atoms with Crippen molar-refractivity contribution in [2.75, 3.05) is 25.4 Å². The van der Waals surface area contributed by atoms with E-state index in [0.717, 1.165) is 36.7 Å². The van der Waals surface area contributed by atoms with E-state index in [2.05, 4.69) is 19.9 Å². The smallest absolute Gasteiger partial charge is 0.317 e. The average molecular weight is 429 g/mol. The van der Waals surface area contributed by atoms with Gasteiger partial charge in [0.25, 0.3) is 0 Å². The fourth-order valence-corrected chi connectivity index (χ4v) is 5.40. The minimum Gasteiger partial charge on any atom is -0.461 e. The van der Waals surface area contributed by atoms with Gasteiger partial charge in [-0.25, -0.2) is 9.37 Å². The molecular formula is C25H24FN5O. The number of aromatic nitrogens is 3. The quantitative estimate of drug-likeness (QED) is 0.479. The van der Waals surface area contributed by atoms with E-state index in [1.54, 1.807) is 18.5 Å². The van der Waals surface area contributed by atoms with Crippen LogP contribution in [0.2, 0.25) is 0 Å². The van der Waals surface area contributed by atoms with Gasteiger partial charge in [0, 0.05) is 29.0 Å². The largest absolute Gasteiger partial charge is 0.461 e. The molecule has 0 radical (unpaired) electrons. The van der Waals surface area contributed by atoms with Crippen LogP contribution < -0.4 is 10.5 Å². The molecule has 2 aromatic heterocycles. The molecule has 32 heavy (non-hydrogen) atoms. The Labute approximate surface area is 185 Å². The first-order chi connectivity index (χ1) is 15.6. The molecule has 0 unspecified atom stereocenters. The first kappa shape index (κ1) is 19.4. The number of anilines is 1. The molecule has 0 spiro atoms. The van der Waals surface area contributed by atoms with Crippen LogP contribution in [0.5, 0.6) is 6.01 Å². The first-order valence-corrected chi connectivity index (χ1v) is 11.1. The molecule has 0 bridgehead atoms. The van der Waals surface area contributed by atoms with Gasteiger partial charge in [0.05, 0.1) is 5.54 Å². The number of benzene rings is 2. The second kappa shape index (κ2) is 7.38. The fourth-order valence-electron chi connectivity index (χ4n) is 5.40. The van der Waals surface area contributed by atoms with Gasteiger partial charge < -0.3 is 10.5 Å². The Hall–Kier alpha value is -3.32. The monoisotopic (exact) mass is 429 g/mol. The number of hydrogen-bond acceptors (Lipinski definition) is 6. The Morgan fingerprint density at radius 1 is 1.03 bits per heavy atom. The topological polar surface area (TPSA) is 77.2 Å². The Morgan fingerprint density at radius 2 is 1.81 bits per heavy atom. The lowest BCUT2D eigenvalue weighted by Crippen LogP contribution is -2.43. The van der Waals surface area contributed by atoms with Crippen molar-refractivity contribution in [2.45, 2.75) is 31.2 Å². The highest BCUT2D eigenvalue weighted by Crippen LogP contribution is 2.39. The van der Waals surface area contributed by atoms with Crippen LogP contribution >= 0.6 is 0 Å². The number of halogens is 1. The zero-order valence-electron chi connectivity index (χ0n) is 17.7. The molecular weight excluding hydrogens is 405 g/mol. The van der Waals surface area contributed by atoms with E-state index in [-0.39, 0.29) is 22.8 Å². The lowest BCUT2D eigenvalue weighted by molar-refractivity contribution is 0.108. The number of pyridine rings is 1. The maximum Gasteiger partial charge on any atom is 0.317 e. The predicted octanol–water partition coefficient (Wildman–Crippen LogP) is 4.57. The van der Waals surface area contributed by atoms with Gasteiger partial charge in [0.2, 0.25) is 0 Å². The zero-order chi connectivity index (χ0) is 21.7. The summed E-state index contributed by atoms with van der Waals surface area (Å²) in [5.74, 6) is -0.493. The van der Waals surface area contributed by atoms with Crippen LogP contribution in [0.1, 0.15) is 25.7 Å². The third kappa shape index (κ3) is 3.07. The molecule has 0 aliphatic carbocycles. The number of hydrogen-bond donors (Lipinski definition) is 1. The van der Waals surface area contributed by atoms with Crippen molar-refractivity contribution in [3.63, 3.8) is 0 Å². The van der Waals surface area contributed by atoms with E-state index in [0.29, 0.717) is 23.2 Å². The molecule has 6 rings (SSSR count). The second-order valence-electron chi connectivity index (χ2n) is 8.87. The van der Waals surface area contributed by atoms with Crippen LogP contribution in [-0.4, -0.2) is 45.1 Å². The van der Waals surface area contributed by atoms with Crippen molar-refractivity contribution in [2.24, 2.45) is 0 Å². The summed E-state index contributed by atoms with van der Waals surface area (Å²) in [6.45, 7) is 2.79. The second-order valence-corrected chi connectivity index (χ2v) is 8.87. The van der Waals surface area contributed by atoms with E-state index in [1.165, 1.54) is 12.8 Å². The SMILES string of the molecule is Nc1cc(-c2ncc3cnc(OCC45CCCN4CCC5)nc3c2F)c2ccccc2c1. The van der Waals surface area contributed by atoms with E-state index in [1.807, 2.05) is 30.3 Å². The summed E-state index contributed by atoms with van der Waals surface area (Å²) in [4.78, 5) is 15.7. The predicted molar refractivity (Wildman–Crippen MR) is 123 cm³/mol. The van der Waals surface area contributed by atoms with Crippen molar-refractivity contribution in [3.8, 4) is 17.3 Å². The van der Waals surface area contributed by atoms with Crippen molar-refractivity contribution in [3.05, 3.63) is 54.6 Å². The summed E-state index contributed by atoms with van der Waals surface area (Å²) in [6.07, 6.45) is 7.83. The fraction of sp³-hybridized carbons (Fsp3) is 0.320. The minimum atomic E-state index is -0.493. The summed E-state index contributed by atoms with van der Waals surface area (Å²) >= 11 is 0. The van der Waals surface area contributed by atoms with E-state index in [4.69, 9.17) is 10.5 Å². The average Bonchev–Trinajstić information content (AvgIpc) is 3.38. The lowest BCUT2D eigenvalue weighted by atomic mass is 9.95. The molecule has 2 aliphatic heterocycles. The maximum absolute atomic E-state index is 15.7. The van der Waals surface area contributed by atoms with Gasteiger partial charge in [-0.15, -0.1) is 0 Å². The zero-order valence-corrected chi connectivity index (χ0v) is 17.7. The van der Waals surface area contributed by atoms with Gasteiger partial charge in [-0.2, -0.15) is 4.98 Å². The highest BCUT2D eigenvalue weighted by Gasteiger charge is 2.45. The van der Waals surface area contributed by atoms with Gasteiger partial charge in [0.1, 0.15) is 17.8 Å². The Bertz CT molecular complexity index is 1330. The summed E-state index contributed by atoms with van der Waals surface area (Å²) in [6, 6.07) is 11.6. The van der Waals surface area contributed by atoms with Crippen molar-refractivity contribution < 1.29 is 9.13 Å². The van der Waals surface area contributed by atoms with Gasteiger partial charge in [-0.3, -0.25) is 9.88 Å². The van der Waals surface area contributed by atoms with Crippen LogP contribution in [-0.2, 0) is 0 Å². The van der Waals surface area contributed by atoms with E-state index < -0.39 is 5.82 Å². The summed E-state index contributed by atoms with van der Waals surface area (Å²) in [7, 11) is 0. The molecule has 2 fully saturated rings. The number of nitrogens with zero attached hydrogens (tertiary/aromatic N) is 4. The van der Waals surface area contributed by atoms with Gasteiger partial charge >= 0.3 is 6.01 Å². The Balaban J connectivity index is 1.39. The van der Waals surface area contributed by atoms with Gasteiger partial charge in [-0.05, 0) is 61.7 Å². The van der Waals surface area contributed by atoms with Crippen LogP contribution in [0.3, 0.4) is 0 Å². The Kier molecular flexibility index (Phi) is 4.47. The van der Waals surface area contributed by atoms with Crippen molar-refractivity contribution in [1.29, 1.82) is 0 Å². The molecule has 2 aromatic carbocycles. The number of rotatable bonds is 4. The maximum atomic E-state index is 15.7. The molecule has 162 valence electrons. The number of nitrogens with two attached hydrogens (primary N) is 1. The molecule has 0 atom stereocenters. The van der Waals surface area contributed by atoms with Crippen LogP contribution in [0, 0.1) is 5.82 Å². The number of ether oxygens (including phenoxy) is 1. The molecule has 0 amide bonds. The number of nitrogen functional groups attached to an aromatic ring is 1. The van der Waals surface area contributed by atoms with Gasteiger partial charge in [-0.1, -0.05) is 24.3 Å². The molecule has 6 nitrogen and oxygen atoms in total. The summed E-state index contributed by atoms with van der Waals surface area (Å²) in [5, 5.41) is 2.36. The molecule has 2 aliphatic rings. The first-order valence-electron chi connectivity index (χ1n) is 11.1. The minimum absolute atomic E-state index is 0.0841. The normalized spacial score (nSPS) is 17.8. The third-order valence-corrected chi connectivity index (χ3v) is 6.96. The molecule has 4 aromatic rings. The van der Waals surface area contributed by atoms with Crippen LogP contribution in [0.4, 0.5) is 10.1 Å². The van der Waals surface area contributed by atoms with Crippen molar-refractivity contribution >= 4 is 27.4 Å². The molecule has 0 saturated carbocycles. The third-order valence-electron chi connectivity index (χ3n) is 6.96. The van der Waals surface area contributed by atoms with E-state index >= 15 is 4.39 Å². The summed E-state index contributed by atoms with van der Waals surface area (Å²) < 4.78 is 21.7. The van der Waals surface area contributed by atoms with Crippen LogP contribution in [0.25, 0.3) is 32.9 Å². The van der Waals surface area contributed by atoms with Crippen molar-refractivity contribution in [1.82, 2.24) is 19.9 Å². The lowest BCUT2D eigenvalue weighted by Gasteiger charge is -2.31. The van der Waals surface area contributed by atoms with Crippen LogP contribution in [0.15, 0.2) is 48.8 Å². The van der Waals surface area contributed by atoms with Gasteiger partial charge in [0.15, 0.2) is 5.82 Å². The number of fused-ring (bicyclic) bond motifs is 3. The highest BCUT2D eigenvalue weighted by molar-refractivity contribution is 5.99. The molecule has 4 heterocycles. The molecule has 7 heteroatoms. The van der Waals surface area contributed by atoms with E-state index in [9.17, 15) is 0 Å². The Morgan fingerprint density at radius 3 is 2.66 bits per heavy atom. The molecule has 2 N–H and O–H groups in total. The molecule has 2 saturated heterocycles. The highest BCUT2D eigenvalue weighted by atomic mass is 19.1.